The van der Waals surface area contributed by atoms with Crippen LogP contribution in [0, 0.1) is 0 Å². The van der Waals surface area contributed by atoms with Crippen LogP contribution in [0.5, 0.6) is 0 Å². The predicted molar refractivity (Wildman–Crippen MR) is 56.4 cm³/mol. The lowest BCUT2D eigenvalue weighted by atomic mass is 10.3. The van der Waals surface area contributed by atoms with E-state index in [1.807, 2.05) is 6.92 Å². The second-order valence-electron chi connectivity index (χ2n) is 3.36. The average Bonchev–Trinajstić information content (AvgIpc) is 2.53. The molecule has 1 aromatic rings. The molecule has 15 heavy (non-hydrogen) atoms. The highest BCUT2D eigenvalue weighted by Crippen LogP contribution is 2.07. The molecule has 0 radical (unpaired) electrons. The molecule has 0 bridgehead atoms. The summed E-state index contributed by atoms with van der Waals surface area (Å²) in [5.74, 6) is -0.281. The van der Waals surface area contributed by atoms with E-state index >= 15 is 0 Å². The fourth-order valence-electron chi connectivity index (χ4n) is 1.09. The fourth-order valence-corrected chi connectivity index (χ4v) is 1.09. The van der Waals surface area contributed by atoms with E-state index in [1.165, 1.54) is 4.68 Å². The standard InChI is InChI=1S/C9H16N4O2/c1-6(15-3)4-11-9(14)8-7(10)5-13(2)12-8/h5-6H,4,10H2,1-3H3,(H,11,14). The number of aromatic nitrogens is 2. The maximum atomic E-state index is 11.6. The summed E-state index contributed by atoms with van der Waals surface area (Å²) < 4.78 is 6.50. The lowest BCUT2D eigenvalue weighted by molar-refractivity contribution is 0.0866. The lowest BCUT2D eigenvalue weighted by Gasteiger charge is -2.09. The smallest absolute Gasteiger partial charge is 0.274 e. The van der Waals surface area contributed by atoms with Crippen LogP contribution in [0.25, 0.3) is 0 Å². The summed E-state index contributed by atoms with van der Waals surface area (Å²) in [6, 6.07) is 0. The molecular weight excluding hydrogens is 196 g/mol. The molecule has 1 heterocycles. The van der Waals surface area contributed by atoms with E-state index in [-0.39, 0.29) is 17.7 Å². The predicted octanol–water partition coefficient (Wildman–Crippen LogP) is -0.233. The lowest BCUT2D eigenvalue weighted by Crippen LogP contribution is -2.32. The van der Waals surface area contributed by atoms with Crippen LogP contribution in [0.3, 0.4) is 0 Å². The molecule has 84 valence electrons. The Kier molecular flexibility index (Phi) is 3.68. The first-order valence-electron chi connectivity index (χ1n) is 4.64. The summed E-state index contributed by atoms with van der Waals surface area (Å²) in [5.41, 5.74) is 6.23. The Balaban J connectivity index is 2.58. The number of nitrogens with zero attached hydrogens (tertiary/aromatic N) is 2. The van der Waals surface area contributed by atoms with Crippen molar-refractivity contribution in [2.45, 2.75) is 13.0 Å². The number of nitrogens with one attached hydrogen (secondary N) is 1. The normalized spacial score (nSPS) is 12.5. The second kappa shape index (κ2) is 4.79. The molecule has 0 saturated carbocycles. The van der Waals surface area contributed by atoms with Crippen LogP contribution in [-0.4, -0.2) is 35.4 Å². The van der Waals surface area contributed by atoms with E-state index in [4.69, 9.17) is 10.5 Å². The van der Waals surface area contributed by atoms with Gasteiger partial charge in [-0.3, -0.25) is 9.48 Å². The minimum Gasteiger partial charge on any atom is -0.396 e. The summed E-state index contributed by atoms with van der Waals surface area (Å²) >= 11 is 0. The van der Waals surface area contributed by atoms with Gasteiger partial charge in [0, 0.05) is 26.9 Å². The summed E-state index contributed by atoms with van der Waals surface area (Å²) in [6.45, 7) is 2.30. The van der Waals surface area contributed by atoms with Gasteiger partial charge in [-0.25, -0.2) is 0 Å². The molecule has 0 spiro atoms. The molecule has 6 nitrogen and oxygen atoms in total. The van der Waals surface area contributed by atoms with Crippen LogP contribution < -0.4 is 11.1 Å². The molecule has 1 aromatic heterocycles. The van der Waals surface area contributed by atoms with Crippen LogP contribution in [0.1, 0.15) is 17.4 Å². The maximum Gasteiger partial charge on any atom is 0.274 e. The number of nitrogens with two attached hydrogens (primary N) is 1. The number of anilines is 1. The first-order chi connectivity index (χ1) is 7.04. The van der Waals surface area contributed by atoms with E-state index < -0.39 is 0 Å². The number of methoxy groups -OCH3 is 1. The van der Waals surface area contributed by atoms with Gasteiger partial charge in [-0.1, -0.05) is 0 Å². The molecule has 0 saturated heterocycles. The number of carbonyl (C=O) groups is 1. The third kappa shape index (κ3) is 2.95. The zero-order valence-corrected chi connectivity index (χ0v) is 9.15. The monoisotopic (exact) mass is 212 g/mol. The average molecular weight is 212 g/mol. The van der Waals surface area contributed by atoms with Gasteiger partial charge in [0.1, 0.15) is 0 Å². The molecule has 6 heteroatoms. The molecule has 0 aliphatic heterocycles. The van der Waals surface area contributed by atoms with Crippen molar-refractivity contribution in [2.75, 3.05) is 19.4 Å². The van der Waals surface area contributed by atoms with Crippen molar-refractivity contribution < 1.29 is 9.53 Å². The van der Waals surface area contributed by atoms with Crippen molar-refractivity contribution in [3.05, 3.63) is 11.9 Å². The van der Waals surface area contributed by atoms with Crippen molar-refractivity contribution in [2.24, 2.45) is 7.05 Å². The van der Waals surface area contributed by atoms with Gasteiger partial charge in [0.2, 0.25) is 0 Å². The molecule has 1 rings (SSSR count). The molecular formula is C9H16N4O2. The Morgan fingerprint density at radius 2 is 2.47 bits per heavy atom. The number of rotatable bonds is 4. The van der Waals surface area contributed by atoms with E-state index in [0.717, 1.165) is 0 Å². The summed E-state index contributed by atoms with van der Waals surface area (Å²) in [5, 5.41) is 6.64. The molecule has 0 aliphatic carbocycles. The van der Waals surface area contributed by atoms with Crippen molar-refractivity contribution in [1.82, 2.24) is 15.1 Å². The molecule has 0 aliphatic rings. The number of hydrogen-bond donors (Lipinski definition) is 2. The van der Waals surface area contributed by atoms with Gasteiger partial charge in [0.05, 0.1) is 11.8 Å². The Morgan fingerprint density at radius 1 is 1.80 bits per heavy atom. The van der Waals surface area contributed by atoms with Crippen molar-refractivity contribution in [3.63, 3.8) is 0 Å². The number of aryl methyl sites for hydroxylation is 1. The maximum absolute atomic E-state index is 11.6. The largest absolute Gasteiger partial charge is 0.396 e. The summed E-state index contributed by atoms with van der Waals surface area (Å²) in [6.07, 6.45) is 1.56. The third-order valence-electron chi connectivity index (χ3n) is 2.02. The molecule has 1 atom stereocenters. The first kappa shape index (κ1) is 11.5. The van der Waals surface area contributed by atoms with Crippen molar-refractivity contribution >= 4 is 11.6 Å². The molecule has 1 unspecified atom stereocenters. The van der Waals surface area contributed by atoms with Gasteiger partial charge in [-0.2, -0.15) is 5.10 Å². The SMILES string of the molecule is COC(C)CNC(=O)c1nn(C)cc1N. The molecule has 0 aromatic carbocycles. The number of nitrogen functional groups attached to an aromatic ring is 1. The summed E-state index contributed by atoms with van der Waals surface area (Å²) in [7, 11) is 3.30. The third-order valence-corrected chi connectivity index (χ3v) is 2.02. The highest BCUT2D eigenvalue weighted by atomic mass is 16.5. The van der Waals surface area contributed by atoms with Gasteiger partial charge in [-0.15, -0.1) is 0 Å². The number of carbonyl (C=O) groups excluding carboxylic acids is 1. The van der Waals surface area contributed by atoms with Crippen molar-refractivity contribution in [1.29, 1.82) is 0 Å². The van der Waals surface area contributed by atoms with Gasteiger partial charge < -0.3 is 15.8 Å². The molecule has 1 amide bonds. The van der Waals surface area contributed by atoms with Crippen LogP contribution >= 0.6 is 0 Å². The van der Waals surface area contributed by atoms with Gasteiger partial charge in [-0.05, 0) is 6.92 Å². The van der Waals surface area contributed by atoms with Crippen LogP contribution in [0.4, 0.5) is 5.69 Å². The minimum atomic E-state index is -0.281. The highest BCUT2D eigenvalue weighted by Gasteiger charge is 2.14. The topological polar surface area (TPSA) is 82.2 Å². The van der Waals surface area contributed by atoms with E-state index in [1.54, 1.807) is 20.4 Å². The number of ether oxygens (including phenoxy) is 1. The van der Waals surface area contributed by atoms with Crippen molar-refractivity contribution in [3.8, 4) is 0 Å². The van der Waals surface area contributed by atoms with Crippen LogP contribution in [0.2, 0.25) is 0 Å². The van der Waals surface area contributed by atoms with E-state index in [2.05, 4.69) is 10.4 Å². The Hall–Kier alpha value is -1.56. The van der Waals surface area contributed by atoms with Gasteiger partial charge in [0.25, 0.3) is 5.91 Å². The number of hydrogen-bond acceptors (Lipinski definition) is 4. The minimum absolute atomic E-state index is 0.0288. The molecule has 3 N–H and O–H groups in total. The zero-order valence-electron chi connectivity index (χ0n) is 9.15. The van der Waals surface area contributed by atoms with E-state index in [0.29, 0.717) is 12.2 Å². The quantitative estimate of drug-likeness (QED) is 0.722. The Morgan fingerprint density at radius 3 is 2.93 bits per heavy atom. The number of amides is 1. The van der Waals surface area contributed by atoms with Crippen LogP contribution in [0.15, 0.2) is 6.20 Å². The molecule has 0 fully saturated rings. The van der Waals surface area contributed by atoms with Crippen LogP contribution in [-0.2, 0) is 11.8 Å². The van der Waals surface area contributed by atoms with Gasteiger partial charge in [0.15, 0.2) is 5.69 Å². The highest BCUT2D eigenvalue weighted by molar-refractivity contribution is 5.96. The van der Waals surface area contributed by atoms with Gasteiger partial charge >= 0.3 is 0 Å². The Bertz CT molecular complexity index is 348. The van der Waals surface area contributed by atoms with E-state index in [9.17, 15) is 4.79 Å². The first-order valence-corrected chi connectivity index (χ1v) is 4.64. The fraction of sp³-hybridized carbons (Fsp3) is 0.556. The zero-order chi connectivity index (χ0) is 11.4. The Labute approximate surface area is 88.4 Å². The summed E-state index contributed by atoms with van der Waals surface area (Å²) in [4.78, 5) is 11.6. The second-order valence-corrected chi connectivity index (χ2v) is 3.36.